The molecule has 0 fully saturated rings. The number of amides is 1. The second-order valence-corrected chi connectivity index (χ2v) is 5.84. The molecule has 0 aliphatic carbocycles. The fourth-order valence-electron chi connectivity index (χ4n) is 2.56. The van der Waals surface area contributed by atoms with E-state index in [1.807, 2.05) is 43.3 Å². The molecule has 0 heterocycles. The van der Waals surface area contributed by atoms with Crippen molar-refractivity contribution < 1.29 is 19.4 Å². The van der Waals surface area contributed by atoms with Crippen molar-refractivity contribution in [1.29, 1.82) is 0 Å². The molecule has 2 rings (SSSR count). The van der Waals surface area contributed by atoms with Gasteiger partial charge < -0.3 is 15.2 Å². The standard InChI is InChI=1S/C19H23NO4/c1-13(19(23)20-10-4-3-5-18(21)22)14-6-7-16-12-17(24-2)9-8-15(16)11-14/h6-9,11-13H,3-5,10H2,1-2H3,(H,20,23)(H,21,22). The summed E-state index contributed by atoms with van der Waals surface area (Å²) in [6, 6.07) is 11.8. The third-order valence-electron chi connectivity index (χ3n) is 4.08. The molecule has 2 aromatic carbocycles. The first-order valence-corrected chi connectivity index (χ1v) is 8.08. The second kappa shape index (κ2) is 8.34. The Balaban J connectivity index is 1.95. The van der Waals surface area contributed by atoms with Gasteiger partial charge in [0.1, 0.15) is 5.75 Å². The van der Waals surface area contributed by atoms with Crippen LogP contribution in [-0.2, 0) is 9.59 Å². The highest BCUT2D eigenvalue weighted by Gasteiger charge is 2.15. The minimum Gasteiger partial charge on any atom is -0.497 e. The van der Waals surface area contributed by atoms with Crippen LogP contribution < -0.4 is 10.1 Å². The van der Waals surface area contributed by atoms with Gasteiger partial charge in [-0.1, -0.05) is 24.3 Å². The Morgan fingerprint density at radius 1 is 1.12 bits per heavy atom. The smallest absolute Gasteiger partial charge is 0.303 e. The number of unbranched alkanes of at least 4 members (excludes halogenated alkanes) is 1. The van der Waals surface area contributed by atoms with E-state index in [0.717, 1.165) is 22.1 Å². The van der Waals surface area contributed by atoms with Crippen molar-refractivity contribution in [1.82, 2.24) is 5.32 Å². The molecule has 0 aliphatic heterocycles. The highest BCUT2D eigenvalue weighted by molar-refractivity contribution is 5.88. The highest BCUT2D eigenvalue weighted by atomic mass is 16.5. The number of carbonyl (C=O) groups excluding carboxylic acids is 1. The number of hydrogen-bond acceptors (Lipinski definition) is 3. The van der Waals surface area contributed by atoms with Crippen LogP contribution in [0.1, 0.15) is 37.7 Å². The van der Waals surface area contributed by atoms with E-state index in [-0.39, 0.29) is 18.2 Å². The number of aliphatic carboxylic acids is 1. The van der Waals surface area contributed by atoms with Crippen molar-refractivity contribution in [2.75, 3.05) is 13.7 Å². The summed E-state index contributed by atoms with van der Waals surface area (Å²) in [5.41, 5.74) is 0.954. The van der Waals surface area contributed by atoms with E-state index in [2.05, 4.69) is 5.32 Å². The van der Waals surface area contributed by atoms with Crippen molar-refractivity contribution in [3.8, 4) is 5.75 Å². The van der Waals surface area contributed by atoms with E-state index >= 15 is 0 Å². The number of carboxylic acid groups (broad SMARTS) is 1. The van der Waals surface area contributed by atoms with E-state index in [1.165, 1.54) is 0 Å². The maximum atomic E-state index is 12.2. The molecule has 0 saturated carbocycles. The summed E-state index contributed by atoms with van der Waals surface area (Å²) in [7, 11) is 1.64. The van der Waals surface area contributed by atoms with E-state index in [9.17, 15) is 9.59 Å². The number of carboxylic acids is 1. The van der Waals surface area contributed by atoms with Gasteiger partial charge in [-0.15, -0.1) is 0 Å². The predicted octanol–water partition coefficient (Wildman–Crippen LogP) is 3.32. The van der Waals surface area contributed by atoms with Gasteiger partial charge in [0.25, 0.3) is 0 Å². The van der Waals surface area contributed by atoms with Crippen LogP contribution in [-0.4, -0.2) is 30.6 Å². The quantitative estimate of drug-likeness (QED) is 0.729. The summed E-state index contributed by atoms with van der Waals surface area (Å²) >= 11 is 0. The molecule has 5 heteroatoms. The van der Waals surface area contributed by atoms with Gasteiger partial charge in [0.15, 0.2) is 0 Å². The van der Waals surface area contributed by atoms with Gasteiger partial charge in [0.05, 0.1) is 13.0 Å². The topological polar surface area (TPSA) is 75.6 Å². The molecule has 0 aromatic heterocycles. The van der Waals surface area contributed by atoms with E-state index in [0.29, 0.717) is 19.4 Å². The van der Waals surface area contributed by atoms with Crippen molar-refractivity contribution in [3.05, 3.63) is 42.0 Å². The normalized spacial score (nSPS) is 11.9. The molecule has 1 atom stereocenters. The minimum absolute atomic E-state index is 0.0433. The van der Waals surface area contributed by atoms with E-state index in [1.54, 1.807) is 7.11 Å². The maximum Gasteiger partial charge on any atom is 0.303 e. The molecule has 0 aliphatic rings. The molecular weight excluding hydrogens is 306 g/mol. The zero-order chi connectivity index (χ0) is 17.5. The number of carbonyl (C=O) groups is 2. The molecule has 5 nitrogen and oxygen atoms in total. The average Bonchev–Trinajstić information content (AvgIpc) is 2.59. The molecule has 0 saturated heterocycles. The van der Waals surface area contributed by atoms with Crippen LogP contribution in [0.25, 0.3) is 10.8 Å². The van der Waals surface area contributed by atoms with E-state index in [4.69, 9.17) is 9.84 Å². The van der Waals surface area contributed by atoms with Gasteiger partial charge >= 0.3 is 5.97 Å². The lowest BCUT2D eigenvalue weighted by molar-refractivity contribution is -0.137. The lowest BCUT2D eigenvalue weighted by atomic mass is 9.97. The molecule has 2 aromatic rings. The molecule has 0 bridgehead atoms. The Bertz CT molecular complexity index is 726. The van der Waals surface area contributed by atoms with Crippen LogP contribution in [0.5, 0.6) is 5.75 Å². The van der Waals surface area contributed by atoms with E-state index < -0.39 is 5.97 Å². The van der Waals surface area contributed by atoms with Crippen molar-refractivity contribution in [2.24, 2.45) is 0 Å². The first kappa shape index (κ1) is 17.8. The second-order valence-electron chi connectivity index (χ2n) is 5.84. The summed E-state index contributed by atoms with van der Waals surface area (Å²) < 4.78 is 5.22. The summed E-state index contributed by atoms with van der Waals surface area (Å²) in [5.74, 6) is -0.293. The predicted molar refractivity (Wildman–Crippen MR) is 93.4 cm³/mol. The Labute approximate surface area is 141 Å². The molecule has 24 heavy (non-hydrogen) atoms. The van der Waals surface area contributed by atoms with Gasteiger partial charge in [-0.3, -0.25) is 9.59 Å². The van der Waals surface area contributed by atoms with Gasteiger partial charge in [-0.05, 0) is 48.2 Å². The largest absolute Gasteiger partial charge is 0.497 e. The Morgan fingerprint density at radius 2 is 1.83 bits per heavy atom. The van der Waals surface area contributed by atoms with Crippen LogP contribution in [0.3, 0.4) is 0 Å². The number of benzene rings is 2. The van der Waals surface area contributed by atoms with Crippen LogP contribution in [0, 0.1) is 0 Å². The van der Waals surface area contributed by atoms with Crippen molar-refractivity contribution >= 4 is 22.6 Å². The summed E-state index contributed by atoms with van der Waals surface area (Å²) in [4.78, 5) is 22.7. The Hall–Kier alpha value is -2.56. The number of fused-ring (bicyclic) bond motifs is 1. The number of hydrogen-bond donors (Lipinski definition) is 2. The van der Waals surface area contributed by atoms with Gasteiger partial charge in [-0.25, -0.2) is 0 Å². The molecule has 1 unspecified atom stereocenters. The minimum atomic E-state index is -0.803. The molecule has 2 N–H and O–H groups in total. The van der Waals surface area contributed by atoms with Gasteiger partial charge in [0, 0.05) is 13.0 Å². The van der Waals surface area contributed by atoms with Crippen LogP contribution in [0.15, 0.2) is 36.4 Å². The maximum absolute atomic E-state index is 12.2. The van der Waals surface area contributed by atoms with Crippen LogP contribution in [0.4, 0.5) is 0 Å². The third-order valence-corrected chi connectivity index (χ3v) is 4.08. The number of nitrogens with one attached hydrogen (secondary N) is 1. The number of methoxy groups -OCH3 is 1. The molecule has 0 radical (unpaired) electrons. The van der Waals surface area contributed by atoms with Gasteiger partial charge in [-0.2, -0.15) is 0 Å². The third kappa shape index (κ3) is 4.72. The first-order chi connectivity index (χ1) is 11.5. The monoisotopic (exact) mass is 329 g/mol. The molecule has 0 spiro atoms. The van der Waals surface area contributed by atoms with Crippen LogP contribution >= 0.6 is 0 Å². The van der Waals surface area contributed by atoms with Gasteiger partial charge in [0.2, 0.25) is 5.91 Å². The van der Waals surface area contributed by atoms with Crippen LogP contribution in [0.2, 0.25) is 0 Å². The Kier molecular flexibility index (Phi) is 6.18. The zero-order valence-corrected chi connectivity index (χ0v) is 14.0. The summed E-state index contributed by atoms with van der Waals surface area (Å²) in [6.45, 7) is 2.37. The summed E-state index contributed by atoms with van der Waals surface area (Å²) in [6.07, 6.45) is 1.38. The molecular formula is C19H23NO4. The highest BCUT2D eigenvalue weighted by Crippen LogP contribution is 2.25. The average molecular weight is 329 g/mol. The fraction of sp³-hybridized carbons (Fsp3) is 0.368. The fourth-order valence-corrected chi connectivity index (χ4v) is 2.56. The lowest BCUT2D eigenvalue weighted by Crippen LogP contribution is -2.28. The number of rotatable bonds is 8. The lowest BCUT2D eigenvalue weighted by Gasteiger charge is -2.13. The SMILES string of the molecule is COc1ccc2cc(C(C)C(=O)NCCCCC(=O)O)ccc2c1. The number of ether oxygens (including phenoxy) is 1. The molecule has 1 amide bonds. The van der Waals surface area contributed by atoms with Crippen molar-refractivity contribution in [2.45, 2.75) is 32.1 Å². The zero-order valence-electron chi connectivity index (χ0n) is 14.0. The first-order valence-electron chi connectivity index (χ1n) is 8.08. The summed E-state index contributed by atoms with van der Waals surface area (Å²) in [5, 5.41) is 13.6. The Morgan fingerprint density at radius 3 is 2.54 bits per heavy atom. The van der Waals surface area contributed by atoms with Crippen molar-refractivity contribution in [3.63, 3.8) is 0 Å². The molecule has 128 valence electrons.